The summed E-state index contributed by atoms with van der Waals surface area (Å²) in [5.74, 6) is -1.19. The molecule has 0 aliphatic carbocycles. The van der Waals surface area contributed by atoms with Crippen molar-refractivity contribution in [1.82, 2.24) is 14.0 Å². The van der Waals surface area contributed by atoms with Crippen LogP contribution >= 0.6 is 0 Å². The van der Waals surface area contributed by atoms with Gasteiger partial charge in [-0.15, -0.1) is 0 Å². The molecular formula is C28H28N4O4. The normalized spacial score (nSPS) is 12.0. The van der Waals surface area contributed by atoms with Crippen molar-refractivity contribution in [3.63, 3.8) is 0 Å². The SMILES string of the molecule is CCCCn1c(=NC(=O)C=Cc2ccccc2)c(C(=O)OCC)cc2c(=O)n3cccc(C)c3nc21. The molecule has 8 nitrogen and oxygen atoms in total. The molecule has 3 aromatic heterocycles. The van der Waals surface area contributed by atoms with E-state index in [9.17, 15) is 14.4 Å². The average Bonchev–Trinajstić information content (AvgIpc) is 2.88. The van der Waals surface area contributed by atoms with Crippen molar-refractivity contribution in [1.29, 1.82) is 0 Å². The molecule has 0 saturated heterocycles. The van der Waals surface area contributed by atoms with Crippen LogP contribution in [0.4, 0.5) is 0 Å². The molecule has 8 heteroatoms. The van der Waals surface area contributed by atoms with E-state index in [2.05, 4.69) is 4.99 Å². The number of rotatable bonds is 7. The van der Waals surface area contributed by atoms with Crippen LogP contribution in [0.3, 0.4) is 0 Å². The summed E-state index contributed by atoms with van der Waals surface area (Å²) < 4.78 is 8.41. The van der Waals surface area contributed by atoms with Crippen LogP contribution in [0.15, 0.2) is 70.6 Å². The first-order chi connectivity index (χ1) is 17.4. The van der Waals surface area contributed by atoms with Crippen LogP contribution in [0, 0.1) is 6.92 Å². The minimum atomic E-state index is -0.656. The van der Waals surface area contributed by atoms with Crippen molar-refractivity contribution in [2.45, 2.75) is 40.2 Å². The number of carbonyl (C=O) groups excluding carboxylic acids is 2. The van der Waals surface area contributed by atoms with Crippen LogP contribution in [0.1, 0.15) is 48.2 Å². The van der Waals surface area contributed by atoms with E-state index in [4.69, 9.17) is 9.72 Å². The smallest absolute Gasteiger partial charge is 0.341 e. The van der Waals surface area contributed by atoms with Gasteiger partial charge in [0, 0.05) is 18.8 Å². The molecule has 1 aromatic carbocycles. The van der Waals surface area contributed by atoms with E-state index >= 15 is 0 Å². The van der Waals surface area contributed by atoms with Crippen molar-refractivity contribution in [3.05, 3.63) is 93.3 Å². The molecule has 4 rings (SSSR count). The molecule has 0 atom stereocenters. The van der Waals surface area contributed by atoms with Crippen LogP contribution in [0.25, 0.3) is 22.8 Å². The van der Waals surface area contributed by atoms with E-state index in [0.29, 0.717) is 17.8 Å². The third kappa shape index (κ3) is 5.02. The lowest BCUT2D eigenvalue weighted by Crippen LogP contribution is -2.32. The summed E-state index contributed by atoms with van der Waals surface area (Å²) in [5, 5.41) is 0.253. The van der Waals surface area contributed by atoms with E-state index < -0.39 is 11.9 Å². The Balaban J connectivity index is 2.04. The van der Waals surface area contributed by atoms with Crippen LogP contribution in [-0.4, -0.2) is 32.4 Å². The number of unbranched alkanes of at least 4 members (excludes halogenated alkanes) is 1. The Hall–Kier alpha value is -4.33. The Bertz CT molecular complexity index is 1600. The molecule has 36 heavy (non-hydrogen) atoms. The van der Waals surface area contributed by atoms with Crippen molar-refractivity contribution >= 4 is 34.6 Å². The van der Waals surface area contributed by atoms with Gasteiger partial charge >= 0.3 is 5.97 Å². The summed E-state index contributed by atoms with van der Waals surface area (Å²) in [5.41, 5.74) is 2.42. The Morgan fingerprint density at radius 1 is 1.08 bits per heavy atom. The molecule has 0 unspecified atom stereocenters. The minimum absolute atomic E-state index is 0.0495. The Morgan fingerprint density at radius 2 is 1.86 bits per heavy atom. The molecule has 0 bridgehead atoms. The average molecular weight is 485 g/mol. The Labute approximate surface area is 208 Å². The first-order valence-corrected chi connectivity index (χ1v) is 12.0. The Kier molecular flexibility index (Phi) is 7.53. The molecule has 184 valence electrons. The maximum atomic E-state index is 13.4. The topological polar surface area (TPSA) is 95.0 Å². The molecular weight excluding hydrogens is 456 g/mol. The number of aromatic nitrogens is 3. The molecule has 0 fully saturated rings. The minimum Gasteiger partial charge on any atom is -0.462 e. The second-order valence-corrected chi connectivity index (χ2v) is 8.34. The number of hydrogen-bond donors (Lipinski definition) is 0. The highest BCUT2D eigenvalue weighted by Crippen LogP contribution is 2.14. The molecule has 0 spiro atoms. The number of aryl methyl sites for hydroxylation is 2. The predicted molar refractivity (Wildman–Crippen MR) is 139 cm³/mol. The van der Waals surface area contributed by atoms with Gasteiger partial charge in [0.15, 0.2) is 5.49 Å². The number of pyridine rings is 2. The first kappa shape index (κ1) is 24.8. The summed E-state index contributed by atoms with van der Waals surface area (Å²) in [6.07, 6.45) is 6.25. The van der Waals surface area contributed by atoms with Crippen molar-refractivity contribution in [2.75, 3.05) is 6.61 Å². The van der Waals surface area contributed by atoms with E-state index in [1.54, 1.807) is 29.8 Å². The van der Waals surface area contributed by atoms with E-state index in [1.807, 2.05) is 50.2 Å². The van der Waals surface area contributed by atoms with Crippen molar-refractivity contribution < 1.29 is 14.3 Å². The summed E-state index contributed by atoms with van der Waals surface area (Å²) in [7, 11) is 0. The van der Waals surface area contributed by atoms with E-state index in [1.165, 1.54) is 16.5 Å². The van der Waals surface area contributed by atoms with Crippen LogP contribution in [0.5, 0.6) is 0 Å². The number of amides is 1. The molecule has 0 radical (unpaired) electrons. The highest BCUT2D eigenvalue weighted by atomic mass is 16.5. The molecule has 0 N–H and O–H groups in total. The van der Waals surface area contributed by atoms with Crippen LogP contribution in [-0.2, 0) is 16.1 Å². The van der Waals surface area contributed by atoms with Crippen LogP contribution < -0.4 is 11.0 Å². The number of ether oxygens (including phenoxy) is 1. The third-order valence-corrected chi connectivity index (χ3v) is 5.77. The monoisotopic (exact) mass is 484 g/mol. The first-order valence-electron chi connectivity index (χ1n) is 12.0. The summed E-state index contributed by atoms with van der Waals surface area (Å²) in [4.78, 5) is 48.4. The molecule has 4 aromatic rings. The highest BCUT2D eigenvalue weighted by Gasteiger charge is 2.20. The fraction of sp³-hybridized carbons (Fsp3) is 0.250. The van der Waals surface area contributed by atoms with Gasteiger partial charge in [0.2, 0.25) is 0 Å². The van der Waals surface area contributed by atoms with Gasteiger partial charge in [0.05, 0.1) is 12.0 Å². The van der Waals surface area contributed by atoms with Crippen molar-refractivity contribution in [2.24, 2.45) is 4.99 Å². The van der Waals surface area contributed by atoms with Gasteiger partial charge in [0.25, 0.3) is 11.5 Å². The lowest BCUT2D eigenvalue weighted by atomic mass is 10.2. The maximum Gasteiger partial charge on any atom is 0.341 e. The van der Waals surface area contributed by atoms with Gasteiger partial charge in [-0.3, -0.25) is 14.0 Å². The zero-order chi connectivity index (χ0) is 25.7. The highest BCUT2D eigenvalue weighted by molar-refractivity contribution is 5.96. The zero-order valence-electron chi connectivity index (χ0n) is 20.6. The second-order valence-electron chi connectivity index (χ2n) is 8.34. The van der Waals surface area contributed by atoms with E-state index in [-0.39, 0.29) is 28.6 Å². The number of carbonyl (C=O) groups is 2. The molecule has 0 aliphatic heterocycles. The van der Waals surface area contributed by atoms with Gasteiger partial charge in [-0.05, 0) is 49.6 Å². The molecule has 0 aliphatic rings. The Morgan fingerprint density at radius 3 is 2.58 bits per heavy atom. The largest absolute Gasteiger partial charge is 0.462 e. The number of nitrogens with zero attached hydrogens (tertiary/aromatic N) is 4. The fourth-order valence-corrected chi connectivity index (χ4v) is 3.97. The summed E-state index contributed by atoms with van der Waals surface area (Å²) >= 11 is 0. The summed E-state index contributed by atoms with van der Waals surface area (Å²) in [6, 6.07) is 14.5. The number of fused-ring (bicyclic) bond motifs is 2. The third-order valence-electron chi connectivity index (χ3n) is 5.77. The maximum absolute atomic E-state index is 13.4. The lowest BCUT2D eigenvalue weighted by molar-refractivity contribution is -0.113. The number of hydrogen-bond acceptors (Lipinski definition) is 5. The molecule has 3 heterocycles. The van der Waals surface area contributed by atoms with Gasteiger partial charge in [0.1, 0.15) is 16.9 Å². The van der Waals surface area contributed by atoms with Crippen molar-refractivity contribution in [3.8, 4) is 0 Å². The molecule has 1 amide bonds. The van der Waals surface area contributed by atoms with Gasteiger partial charge in [-0.1, -0.05) is 49.7 Å². The molecule has 0 saturated carbocycles. The fourth-order valence-electron chi connectivity index (χ4n) is 3.97. The van der Waals surface area contributed by atoms with Gasteiger partial charge < -0.3 is 9.30 Å². The van der Waals surface area contributed by atoms with Crippen LogP contribution in [0.2, 0.25) is 0 Å². The zero-order valence-corrected chi connectivity index (χ0v) is 20.6. The predicted octanol–water partition coefficient (Wildman–Crippen LogP) is 4.08. The lowest BCUT2D eigenvalue weighted by Gasteiger charge is -2.15. The number of benzene rings is 1. The number of esters is 1. The van der Waals surface area contributed by atoms with E-state index in [0.717, 1.165) is 24.0 Å². The second kappa shape index (κ2) is 10.9. The standard InChI is InChI=1S/C28H28N4O4/c1-4-6-16-31-25-21(27(34)32-17-10-11-19(3)24(32)30-25)18-22(28(35)36-5-2)26(31)29-23(33)15-14-20-12-8-7-9-13-20/h7-15,17-18H,4-6,16H2,1-3H3. The van der Waals surface area contributed by atoms with Gasteiger partial charge in [-0.2, -0.15) is 4.99 Å². The van der Waals surface area contributed by atoms with Gasteiger partial charge in [-0.25, -0.2) is 9.78 Å². The quantitative estimate of drug-likeness (QED) is 0.224. The summed E-state index contributed by atoms with van der Waals surface area (Å²) in [6.45, 7) is 6.16.